The summed E-state index contributed by atoms with van der Waals surface area (Å²) in [4.78, 5) is 31.0. The number of hydrogen-bond donors (Lipinski definition) is 2. The second-order valence-corrected chi connectivity index (χ2v) is 24.6. The fourth-order valence-corrected chi connectivity index (χ4v) is 10.2. The van der Waals surface area contributed by atoms with E-state index in [-0.39, 0.29) is 27.9 Å². The monoisotopic (exact) mass is 1020 g/mol. The van der Waals surface area contributed by atoms with Crippen LogP contribution in [0, 0.1) is 23.0 Å². The number of aromatic amines is 2. The smallest absolute Gasteiger partial charge is 0.178 e. The summed E-state index contributed by atoms with van der Waals surface area (Å²) in [5, 5.41) is 0.582. The van der Waals surface area contributed by atoms with Crippen LogP contribution >= 0.6 is 0 Å². The Labute approximate surface area is 448 Å². The number of anilines is 2. The Kier molecular flexibility index (Phi) is 15.1. The van der Waals surface area contributed by atoms with Crippen molar-refractivity contribution in [3.8, 4) is 28.5 Å². The first-order chi connectivity index (χ1) is 36.0. The molecule has 1 fully saturated rings. The van der Waals surface area contributed by atoms with Crippen LogP contribution in [0.15, 0.2) is 134 Å². The second-order valence-electron chi connectivity index (χ2n) is 24.6. The number of benzene rings is 4. The number of rotatable bonds is 4. The molecule has 0 spiro atoms. The van der Waals surface area contributed by atoms with E-state index >= 15 is 0 Å². The minimum Gasteiger partial charge on any atom is -0.493 e. The zero-order chi connectivity index (χ0) is 54.2. The van der Waals surface area contributed by atoms with E-state index in [1.54, 1.807) is 36.7 Å². The number of aryl methyl sites for hydroxylation is 1. The first-order valence-corrected chi connectivity index (χ1v) is 26.8. The summed E-state index contributed by atoms with van der Waals surface area (Å²) in [7, 11) is 0. The molecule has 9 aromatic rings. The molecule has 0 saturated heterocycles. The lowest BCUT2D eigenvalue weighted by Gasteiger charge is -2.31. The van der Waals surface area contributed by atoms with Crippen molar-refractivity contribution in [2.24, 2.45) is 11.3 Å². The standard InChI is InChI=1S/C18H22N2.2C16H16FN3.C15H20O/c1-18(2,3)15-10-11-19-17(13-15)20-12-6-8-14-7-4-5-9-16(14)20;1-16(2,3)12-9-10(17)6-7-11(12)14-19-13-5-4-8-18-15(13)20-14;1-16(2,3)15-18-8-7-13(20-15)14-9-10-11(17)5-4-6-12(10)19-14;1-15(2,3)13-9-12(13)10-4-5-14-11(8-10)6-7-16-14/h4-5,7,9-11,13H,6,8,12H2,1-3H3;4-9H,1-3H3,(H,18,19,20);4-9,19H,1-3H3;4-5,8,12-13H,6-7,9H2,1-3H3. The molecular formula is C65H74F2N8O. The highest BCUT2D eigenvalue weighted by Crippen LogP contribution is 2.57. The van der Waals surface area contributed by atoms with Crippen molar-refractivity contribution < 1.29 is 13.5 Å². The second kappa shape index (κ2) is 21.4. The molecule has 0 radical (unpaired) electrons. The van der Waals surface area contributed by atoms with Crippen molar-refractivity contribution in [1.82, 2.24) is 34.9 Å². The molecule has 0 bridgehead atoms. The number of ether oxygens (including phenoxy) is 1. The number of nitrogens with one attached hydrogen (secondary N) is 2. The molecule has 5 aromatic heterocycles. The van der Waals surface area contributed by atoms with Gasteiger partial charge in [-0.3, -0.25) is 0 Å². The lowest BCUT2D eigenvalue weighted by atomic mass is 9.83. The predicted octanol–water partition coefficient (Wildman–Crippen LogP) is 16.4. The molecule has 11 heteroatoms. The van der Waals surface area contributed by atoms with E-state index in [4.69, 9.17) is 4.74 Å². The Morgan fingerprint density at radius 1 is 0.632 bits per heavy atom. The third-order valence-electron chi connectivity index (χ3n) is 14.6. The van der Waals surface area contributed by atoms with Gasteiger partial charge in [-0.25, -0.2) is 33.7 Å². The van der Waals surface area contributed by atoms with Crippen LogP contribution in [-0.4, -0.2) is 48.0 Å². The van der Waals surface area contributed by atoms with E-state index in [0.717, 1.165) is 88.2 Å². The fraction of sp³-hybridized carbons (Fsp3) is 0.369. The molecule has 2 unspecified atom stereocenters. The van der Waals surface area contributed by atoms with Crippen LogP contribution in [0.2, 0.25) is 0 Å². The number of nitrogens with zero attached hydrogens (tertiary/aromatic N) is 6. The van der Waals surface area contributed by atoms with Crippen LogP contribution in [-0.2, 0) is 29.1 Å². The summed E-state index contributed by atoms with van der Waals surface area (Å²) in [5.41, 5.74) is 13.1. The van der Waals surface area contributed by atoms with Crippen molar-refractivity contribution >= 4 is 33.6 Å². The molecule has 7 heterocycles. The maximum atomic E-state index is 13.7. The lowest BCUT2D eigenvalue weighted by molar-refractivity contribution is 0.343. The van der Waals surface area contributed by atoms with Crippen LogP contribution in [0.1, 0.15) is 135 Å². The van der Waals surface area contributed by atoms with Gasteiger partial charge in [-0.1, -0.05) is 119 Å². The quantitative estimate of drug-likeness (QED) is 0.181. The molecule has 76 heavy (non-hydrogen) atoms. The Balaban J connectivity index is 0.000000124. The van der Waals surface area contributed by atoms with E-state index in [1.807, 2.05) is 30.5 Å². The minimum absolute atomic E-state index is 0.118. The lowest BCUT2D eigenvalue weighted by Crippen LogP contribution is -2.25. The Morgan fingerprint density at radius 2 is 1.41 bits per heavy atom. The Hall–Kier alpha value is -7.27. The molecule has 1 saturated carbocycles. The average Bonchev–Trinajstić information content (AvgIpc) is 3.67. The van der Waals surface area contributed by atoms with Gasteiger partial charge in [0.05, 0.1) is 23.5 Å². The molecular weight excluding hydrogens is 947 g/mol. The number of imidazole rings is 1. The van der Waals surface area contributed by atoms with Crippen molar-refractivity contribution in [3.05, 3.63) is 179 Å². The summed E-state index contributed by atoms with van der Waals surface area (Å²) in [5.74, 6) is 4.89. The van der Waals surface area contributed by atoms with E-state index in [9.17, 15) is 8.78 Å². The summed E-state index contributed by atoms with van der Waals surface area (Å²) >= 11 is 0. The topological polar surface area (TPSA) is 109 Å². The molecule has 394 valence electrons. The van der Waals surface area contributed by atoms with Gasteiger partial charge in [0.15, 0.2) is 5.65 Å². The fourth-order valence-electron chi connectivity index (χ4n) is 10.2. The summed E-state index contributed by atoms with van der Waals surface area (Å²) < 4.78 is 32.8. The van der Waals surface area contributed by atoms with Gasteiger partial charge in [0, 0.05) is 59.1 Å². The van der Waals surface area contributed by atoms with Crippen molar-refractivity contribution in [2.75, 3.05) is 18.1 Å². The maximum Gasteiger partial charge on any atom is 0.178 e. The van der Waals surface area contributed by atoms with Gasteiger partial charge in [0.25, 0.3) is 0 Å². The molecule has 3 aliphatic rings. The largest absolute Gasteiger partial charge is 0.493 e. The highest BCUT2D eigenvalue weighted by molar-refractivity contribution is 5.85. The van der Waals surface area contributed by atoms with Gasteiger partial charge in [-0.15, -0.1) is 0 Å². The number of pyridine rings is 2. The van der Waals surface area contributed by atoms with Crippen LogP contribution in [0.5, 0.6) is 5.75 Å². The number of H-pyrrole nitrogens is 2. The van der Waals surface area contributed by atoms with E-state index in [1.165, 1.54) is 59.3 Å². The summed E-state index contributed by atoms with van der Waals surface area (Å²) in [6.45, 7) is 28.1. The van der Waals surface area contributed by atoms with Crippen LogP contribution < -0.4 is 9.64 Å². The zero-order valence-electron chi connectivity index (χ0n) is 46.4. The molecule has 2 aliphatic heterocycles. The van der Waals surface area contributed by atoms with Gasteiger partial charge in [-0.2, -0.15) is 0 Å². The van der Waals surface area contributed by atoms with Crippen LogP contribution in [0.25, 0.3) is 44.8 Å². The van der Waals surface area contributed by atoms with Gasteiger partial charge < -0.3 is 19.6 Å². The Bertz CT molecular complexity index is 3440. The van der Waals surface area contributed by atoms with E-state index < -0.39 is 0 Å². The van der Waals surface area contributed by atoms with Crippen molar-refractivity contribution in [2.45, 2.75) is 131 Å². The van der Waals surface area contributed by atoms with Crippen LogP contribution in [0.4, 0.5) is 20.3 Å². The van der Waals surface area contributed by atoms with Gasteiger partial charge in [-0.05, 0) is 154 Å². The number of fused-ring (bicyclic) bond motifs is 4. The summed E-state index contributed by atoms with van der Waals surface area (Å²) in [6, 6.07) is 37.1. The van der Waals surface area contributed by atoms with E-state index in [2.05, 4.69) is 177 Å². The van der Waals surface area contributed by atoms with Gasteiger partial charge >= 0.3 is 0 Å². The number of aromatic nitrogens is 7. The SMILES string of the molecule is CC(C)(C)C1CC1c1ccc2c(c1)CCO2.CC(C)(C)c1cc(F)ccc1-c1nc2ncccc2[nH]1.CC(C)(C)c1ccnc(N2CCCc3ccccc32)c1.CC(C)(C)c1nccc(-c2cc3c(F)cccc3[nH]2)n1. The first-order valence-electron chi connectivity index (χ1n) is 26.8. The van der Waals surface area contributed by atoms with Crippen molar-refractivity contribution in [3.63, 3.8) is 0 Å². The highest BCUT2D eigenvalue weighted by atomic mass is 19.1. The normalized spacial score (nSPS) is 16.1. The van der Waals surface area contributed by atoms with Gasteiger partial charge in [0.2, 0.25) is 0 Å². The van der Waals surface area contributed by atoms with Gasteiger partial charge in [0.1, 0.15) is 34.9 Å². The predicted molar refractivity (Wildman–Crippen MR) is 307 cm³/mol. The third-order valence-corrected chi connectivity index (χ3v) is 14.6. The molecule has 9 nitrogen and oxygen atoms in total. The maximum absolute atomic E-state index is 13.7. The van der Waals surface area contributed by atoms with Crippen LogP contribution in [0.3, 0.4) is 0 Å². The highest BCUT2D eigenvalue weighted by Gasteiger charge is 2.46. The zero-order valence-corrected chi connectivity index (χ0v) is 46.4. The molecule has 2 N–H and O–H groups in total. The molecule has 2 atom stereocenters. The number of hydrogen-bond acceptors (Lipinski definition) is 7. The molecule has 12 rings (SSSR count). The first kappa shape index (κ1) is 53.6. The Morgan fingerprint density at radius 3 is 2.13 bits per heavy atom. The molecule has 4 aromatic carbocycles. The summed E-state index contributed by atoms with van der Waals surface area (Å²) in [6.07, 6.45) is 10.2. The van der Waals surface area contributed by atoms with Crippen molar-refractivity contribution in [1.29, 1.82) is 0 Å². The number of halogens is 2. The molecule has 1 aliphatic carbocycles. The van der Waals surface area contributed by atoms with E-state index in [0.29, 0.717) is 16.4 Å². The minimum atomic E-state index is -0.229. The average molecular weight is 1020 g/mol. The third kappa shape index (κ3) is 12.4. The number of para-hydroxylation sites is 1. The molecule has 0 amide bonds.